The fourth-order valence-corrected chi connectivity index (χ4v) is 4.60. The van der Waals surface area contributed by atoms with Crippen LogP contribution in [-0.4, -0.2) is 35.3 Å². The van der Waals surface area contributed by atoms with Gasteiger partial charge in [0.1, 0.15) is 11.4 Å². The number of hydrogen-bond acceptors (Lipinski definition) is 4. The number of anilines is 1. The van der Waals surface area contributed by atoms with E-state index in [2.05, 4.69) is 10.6 Å². The molecule has 0 amide bonds. The fraction of sp³-hybridized carbons (Fsp3) is 0.214. The SMILES string of the molecule is O=C(O)c1cn(Cc2ccc(-c3ccccc3)cc2)c2cc(NC[C@H]3CCNC3)c(F)cc2c1=O. The third kappa shape index (κ3) is 4.81. The van der Waals surface area contributed by atoms with Crippen LogP contribution >= 0.6 is 0 Å². The van der Waals surface area contributed by atoms with Crippen molar-refractivity contribution in [2.75, 3.05) is 25.0 Å². The Kier molecular flexibility index (Phi) is 6.33. The van der Waals surface area contributed by atoms with Crippen LogP contribution in [-0.2, 0) is 6.54 Å². The zero-order valence-electron chi connectivity index (χ0n) is 19.1. The van der Waals surface area contributed by atoms with Gasteiger partial charge in [0.2, 0.25) is 5.43 Å². The largest absolute Gasteiger partial charge is 0.477 e. The first-order valence-corrected chi connectivity index (χ1v) is 11.7. The van der Waals surface area contributed by atoms with E-state index in [1.54, 1.807) is 10.6 Å². The highest BCUT2D eigenvalue weighted by molar-refractivity contribution is 5.93. The second kappa shape index (κ2) is 9.72. The molecule has 0 bridgehead atoms. The maximum absolute atomic E-state index is 14.9. The summed E-state index contributed by atoms with van der Waals surface area (Å²) in [7, 11) is 0. The van der Waals surface area contributed by atoms with Gasteiger partial charge in [0.25, 0.3) is 0 Å². The number of aromatic carboxylic acids is 1. The third-order valence-electron chi connectivity index (χ3n) is 6.56. The number of carboxylic acid groups (broad SMARTS) is 1. The van der Waals surface area contributed by atoms with Crippen molar-refractivity contribution in [3.05, 3.63) is 100 Å². The molecule has 5 rings (SSSR count). The number of pyridine rings is 1. The van der Waals surface area contributed by atoms with Crippen LogP contribution in [0.4, 0.5) is 10.1 Å². The molecular weight excluding hydrogens is 445 g/mol. The first-order chi connectivity index (χ1) is 17.0. The summed E-state index contributed by atoms with van der Waals surface area (Å²) in [5, 5.41) is 16.1. The number of carboxylic acids is 1. The molecule has 0 radical (unpaired) electrons. The number of nitrogens with one attached hydrogen (secondary N) is 2. The highest BCUT2D eigenvalue weighted by atomic mass is 19.1. The summed E-state index contributed by atoms with van der Waals surface area (Å²) in [6.07, 6.45) is 2.37. The molecule has 3 N–H and O–H groups in total. The molecule has 1 aromatic heterocycles. The maximum Gasteiger partial charge on any atom is 0.341 e. The number of hydrogen-bond donors (Lipinski definition) is 3. The number of aromatic nitrogens is 1. The normalized spacial score (nSPS) is 15.4. The first-order valence-electron chi connectivity index (χ1n) is 11.7. The molecule has 4 aromatic rings. The molecule has 178 valence electrons. The number of fused-ring (bicyclic) bond motifs is 1. The molecule has 2 heterocycles. The Bertz CT molecular complexity index is 1430. The van der Waals surface area contributed by atoms with Crippen molar-refractivity contribution in [1.29, 1.82) is 0 Å². The van der Waals surface area contributed by atoms with Crippen LogP contribution in [0.15, 0.2) is 77.7 Å². The van der Waals surface area contributed by atoms with Gasteiger partial charge < -0.3 is 20.3 Å². The van der Waals surface area contributed by atoms with Crippen LogP contribution in [0.2, 0.25) is 0 Å². The molecule has 0 saturated carbocycles. The van der Waals surface area contributed by atoms with E-state index in [1.165, 1.54) is 6.20 Å². The lowest BCUT2D eigenvalue weighted by Crippen LogP contribution is -2.21. The van der Waals surface area contributed by atoms with Crippen molar-refractivity contribution in [3.63, 3.8) is 0 Å². The lowest BCUT2D eigenvalue weighted by Gasteiger charge is -2.16. The van der Waals surface area contributed by atoms with Crippen molar-refractivity contribution >= 4 is 22.6 Å². The van der Waals surface area contributed by atoms with Gasteiger partial charge in [-0.25, -0.2) is 9.18 Å². The van der Waals surface area contributed by atoms with Crippen LogP contribution < -0.4 is 16.1 Å². The van der Waals surface area contributed by atoms with E-state index in [0.29, 0.717) is 30.2 Å². The molecule has 3 aromatic carbocycles. The minimum absolute atomic E-state index is 0.0522. The summed E-state index contributed by atoms with van der Waals surface area (Å²) < 4.78 is 16.6. The van der Waals surface area contributed by atoms with Gasteiger partial charge in [-0.05, 0) is 54.3 Å². The summed E-state index contributed by atoms with van der Waals surface area (Å²) in [5.41, 5.74) is 2.83. The molecule has 1 atom stereocenters. The van der Waals surface area contributed by atoms with Gasteiger partial charge in [-0.15, -0.1) is 0 Å². The van der Waals surface area contributed by atoms with E-state index in [0.717, 1.165) is 42.3 Å². The first kappa shape index (κ1) is 22.8. The van der Waals surface area contributed by atoms with Crippen LogP contribution in [0.5, 0.6) is 0 Å². The molecule has 0 spiro atoms. The third-order valence-corrected chi connectivity index (χ3v) is 6.56. The van der Waals surface area contributed by atoms with E-state index in [1.807, 2.05) is 54.6 Å². The Morgan fingerprint density at radius 3 is 2.51 bits per heavy atom. The number of carbonyl (C=O) groups is 1. The number of halogens is 1. The zero-order chi connectivity index (χ0) is 24.4. The average Bonchev–Trinajstić information content (AvgIpc) is 3.39. The van der Waals surface area contributed by atoms with Gasteiger partial charge in [0.05, 0.1) is 11.2 Å². The van der Waals surface area contributed by atoms with Crippen molar-refractivity contribution < 1.29 is 14.3 Å². The smallest absolute Gasteiger partial charge is 0.341 e. The molecule has 7 heteroatoms. The molecule has 1 aliphatic heterocycles. The van der Waals surface area contributed by atoms with Gasteiger partial charge in [0, 0.05) is 24.7 Å². The van der Waals surface area contributed by atoms with Crippen LogP contribution in [0.1, 0.15) is 22.3 Å². The maximum atomic E-state index is 14.9. The summed E-state index contributed by atoms with van der Waals surface area (Å²) in [4.78, 5) is 24.6. The van der Waals surface area contributed by atoms with E-state index in [9.17, 15) is 19.1 Å². The van der Waals surface area contributed by atoms with Gasteiger partial charge >= 0.3 is 5.97 Å². The van der Waals surface area contributed by atoms with Gasteiger partial charge in [-0.3, -0.25) is 4.79 Å². The zero-order valence-corrected chi connectivity index (χ0v) is 19.1. The quantitative estimate of drug-likeness (QED) is 0.368. The average molecular weight is 472 g/mol. The van der Waals surface area contributed by atoms with Crippen molar-refractivity contribution in [1.82, 2.24) is 9.88 Å². The van der Waals surface area contributed by atoms with E-state index in [4.69, 9.17) is 0 Å². The van der Waals surface area contributed by atoms with Crippen molar-refractivity contribution in [2.24, 2.45) is 5.92 Å². The number of nitrogens with zero attached hydrogens (tertiary/aromatic N) is 1. The minimum Gasteiger partial charge on any atom is -0.477 e. The molecular formula is C28H26FN3O3. The second-order valence-corrected chi connectivity index (χ2v) is 8.96. The predicted octanol–water partition coefficient (Wildman–Crippen LogP) is 4.58. The second-order valence-electron chi connectivity index (χ2n) is 8.96. The molecule has 35 heavy (non-hydrogen) atoms. The minimum atomic E-state index is -1.33. The monoisotopic (exact) mass is 471 g/mol. The van der Waals surface area contributed by atoms with Gasteiger partial charge in [-0.1, -0.05) is 54.6 Å². The fourth-order valence-electron chi connectivity index (χ4n) is 4.60. The molecule has 6 nitrogen and oxygen atoms in total. The van der Waals surface area contributed by atoms with E-state index >= 15 is 0 Å². The van der Waals surface area contributed by atoms with Crippen LogP contribution in [0, 0.1) is 11.7 Å². The number of rotatable bonds is 7. The Hall–Kier alpha value is -3.97. The highest BCUT2D eigenvalue weighted by Gasteiger charge is 2.19. The number of benzene rings is 3. The van der Waals surface area contributed by atoms with E-state index in [-0.39, 0.29) is 10.9 Å². The van der Waals surface area contributed by atoms with Gasteiger partial charge in [-0.2, -0.15) is 0 Å². The van der Waals surface area contributed by atoms with Crippen LogP contribution in [0.3, 0.4) is 0 Å². The predicted molar refractivity (Wildman–Crippen MR) is 136 cm³/mol. The lowest BCUT2D eigenvalue weighted by molar-refractivity contribution is 0.0695. The van der Waals surface area contributed by atoms with Crippen molar-refractivity contribution in [3.8, 4) is 11.1 Å². The Morgan fingerprint density at radius 1 is 1.09 bits per heavy atom. The standard InChI is InChI=1S/C28H26FN3O3/c29-24-12-22-26(13-25(24)31-15-19-10-11-30-14-19)32(17-23(27(22)33)28(34)35)16-18-6-8-21(9-7-18)20-4-2-1-3-5-20/h1-9,12-13,17,19,30-31H,10-11,14-16H2,(H,34,35)/t19-/m0/s1. The van der Waals surface area contributed by atoms with Crippen LogP contribution in [0.25, 0.3) is 22.0 Å². The molecule has 1 aliphatic rings. The molecule has 1 fully saturated rings. The summed E-state index contributed by atoms with van der Waals surface area (Å²) in [5.74, 6) is -1.49. The molecule has 0 aliphatic carbocycles. The highest BCUT2D eigenvalue weighted by Crippen LogP contribution is 2.25. The summed E-state index contributed by atoms with van der Waals surface area (Å²) in [6.45, 7) is 2.79. The lowest BCUT2D eigenvalue weighted by atomic mass is 10.0. The van der Waals surface area contributed by atoms with Gasteiger partial charge in [0.15, 0.2) is 0 Å². The molecule has 1 saturated heterocycles. The molecule has 0 unspecified atom stereocenters. The Morgan fingerprint density at radius 2 is 1.83 bits per heavy atom. The van der Waals surface area contributed by atoms with E-state index < -0.39 is 17.2 Å². The van der Waals surface area contributed by atoms with Crippen molar-refractivity contribution in [2.45, 2.75) is 13.0 Å². The summed E-state index contributed by atoms with van der Waals surface area (Å²) in [6, 6.07) is 20.7. The Balaban J connectivity index is 1.52. The summed E-state index contributed by atoms with van der Waals surface area (Å²) >= 11 is 0. The topological polar surface area (TPSA) is 83.4 Å². The Labute approximate surface area is 202 Å².